The van der Waals surface area contributed by atoms with E-state index in [1.807, 2.05) is 0 Å². The van der Waals surface area contributed by atoms with Gasteiger partial charge in [0.1, 0.15) is 18.6 Å². The van der Waals surface area contributed by atoms with Crippen molar-refractivity contribution < 1.29 is 28.6 Å². The zero-order chi connectivity index (χ0) is 16.9. The Morgan fingerprint density at radius 3 is 2.92 bits per heavy atom. The zero-order valence-electron chi connectivity index (χ0n) is 12.9. The molecule has 1 fully saturated rings. The lowest BCUT2D eigenvalue weighted by atomic mass is 10.2. The van der Waals surface area contributed by atoms with Gasteiger partial charge in [-0.25, -0.2) is 4.79 Å². The molecule has 1 aromatic heterocycles. The number of benzene rings is 1. The third kappa shape index (κ3) is 3.94. The molecule has 126 valence electrons. The summed E-state index contributed by atoms with van der Waals surface area (Å²) in [5.74, 6) is -1.13. The van der Waals surface area contributed by atoms with Crippen LogP contribution in [0.2, 0.25) is 0 Å². The van der Waals surface area contributed by atoms with Gasteiger partial charge in [-0.2, -0.15) is 0 Å². The van der Waals surface area contributed by atoms with E-state index in [-0.39, 0.29) is 17.4 Å². The Bertz CT molecular complexity index is 732. The van der Waals surface area contributed by atoms with E-state index in [9.17, 15) is 9.59 Å². The minimum Gasteiger partial charge on any atom is -0.491 e. The Morgan fingerprint density at radius 2 is 2.21 bits per heavy atom. The second-order valence-electron chi connectivity index (χ2n) is 5.43. The molecule has 0 aliphatic carbocycles. The number of aromatic carboxylic acids is 1. The number of furan rings is 1. The fraction of sp³-hybridized carbons (Fsp3) is 0.294. The van der Waals surface area contributed by atoms with Crippen LogP contribution < -0.4 is 10.1 Å². The van der Waals surface area contributed by atoms with E-state index in [0.29, 0.717) is 18.0 Å². The Balaban J connectivity index is 1.60. The van der Waals surface area contributed by atoms with Gasteiger partial charge in [0, 0.05) is 24.4 Å². The van der Waals surface area contributed by atoms with Crippen molar-refractivity contribution >= 4 is 17.6 Å². The topological polar surface area (TPSA) is 98.0 Å². The fourth-order valence-corrected chi connectivity index (χ4v) is 2.39. The summed E-state index contributed by atoms with van der Waals surface area (Å²) in [6.45, 7) is 1.24. The van der Waals surface area contributed by atoms with Gasteiger partial charge in [-0.3, -0.25) is 4.79 Å². The quantitative estimate of drug-likeness (QED) is 0.844. The van der Waals surface area contributed by atoms with Crippen LogP contribution in [0, 0.1) is 0 Å². The van der Waals surface area contributed by atoms with E-state index in [4.69, 9.17) is 19.0 Å². The van der Waals surface area contributed by atoms with Crippen molar-refractivity contribution in [1.82, 2.24) is 0 Å². The molecule has 24 heavy (non-hydrogen) atoms. The summed E-state index contributed by atoms with van der Waals surface area (Å²) < 4.78 is 16.1. The molecule has 2 heterocycles. The van der Waals surface area contributed by atoms with Crippen LogP contribution in [0.15, 0.2) is 41.0 Å². The number of hydrogen-bond acceptors (Lipinski definition) is 5. The third-order valence-electron chi connectivity index (χ3n) is 3.62. The number of carboxylic acids is 1. The predicted molar refractivity (Wildman–Crippen MR) is 84.5 cm³/mol. The molecular weight excluding hydrogens is 314 g/mol. The predicted octanol–water partition coefficient (Wildman–Crippen LogP) is 2.79. The lowest BCUT2D eigenvalue weighted by Gasteiger charge is -2.12. The van der Waals surface area contributed by atoms with Crippen LogP contribution in [-0.4, -0.2) is 36.3 Å². The van der Waals surface area contributed by atoms with Crippen LogP contribution in [0.3, 0.4) is 0 Å². The number of amides is 1. The Labute approximate surface area is 138 Å². The van der Waals surface area contributed by atoms with Gasteiger partial charge in [-0.05, 0) is 25.0 Å². The summed E-state index contributed by atoms with van der Waals surface area (Å²) in [5.41, 5.74) is 0.451. The number of anilines is 1. The molecule has 0 bridgehead atoms. The molecule has 1 amide bonds. The number of carboxylic acid groups (broad SMARTS) is 1. The van der Waals surface area contributed by atoms with Gasteiger partial charge < -0.3 is 24.3 Å². The van der Waals surface area contributed by atoms with Crippen molar-refractivity contribution in [3.05, 3.63) is 47.9 Å². The van der Waals surface area contributed by atoms with Gasteiger partial charge >= 0.3 is 5.97 Å². The van der Waals surface area contributed by atoms with Crippen LogP contribution in [0.4, 0.5) is 5.69 Å². The largest absolute Gasteiger partial charge is 0.491 e. The van der Waals surface area contributed by atoms with Gasteiger partial charge in [0.15, 0.2) is 5.76 Å². The van der Waals surface area contributed by atoms with Crippen molar-refractivity contribution in [3.8, 4) is 5.75 Å². The van der Waals surface area contributed by atoms with Gasteiger partial charge in [-0.15, -0.1) is 0 Å². The molecule has 7 nitrogen and oxygen atoms in total. The number of ether oxygens (including phenoxy) is 2. The maximum Gasteiger partial charge on any atom is 0.338 e. The minimum atomic E-state index is -1.15. The molecular formula is C17H17NO6. The molecule has 1 aromatic carbocycles. The van der Waals surface area contributed by atoms with Crippen LogP contribution in [-0.2, 0) is 4.74 Å². The monoisotopic (exact) mass is 331 g/mol. The number of hydrogen-bond donors (Lipinski definition) is 2. The first-order valence-electron chi connectivity index (χ1n) is 7.59. The van der Waals surface area contributed by atoms with Crippen LogP contribution in [0.5, 0.6) is 5.75 Å². The van der Waals surface area contributed by atoms with Gasteiger partial charge in [0.2, 0.25) is 0 Å². The molecule has 2 N–H and O–H groups in total. The Hall–Kier alpha value is -2.80. The first-order chi connectivity index (χ1) is 11.6. The molecule has 0 radical (unpaired) electrons. The SMILES string of the molecule is O=C(O)c1coc(C(=O)Nc2cccc(OCC3CCCO3)c2)c1. The van der Waals surface area contributed by atoms with Crippen LogP contribution >= 0.6 is 0 Å². The van der Waals surface area contributed by atoms with Crippen molar-refractivity contribution in [3.63, 3.8) is 0 Å². The Morgan fingerprint density at radius 1 is 1.33 bits per heavy atom. The molecule has 0 spiro atoms. The standard InChI is InChI=1S/C17H17NO6/c19-16(15-7-11(9-24-15)17(20)21)18-12-3-1-4-13(8-12)23-10-14-5-2-6-22-14/h1,3-4,7-9,14H,2,5-6,10H2,(H,18,19)(H,20,21). The first kappa shape index (κ1) is 16.1. The van der Waals surface area contributed by atoms with E-state index in [1.54, 1.807) is 24.3 Å². The van der Waals surface area contributed by atoms with E-state index in [2.05, 4.69) is 5.32 Å². The van der Waals surface area contributed by atoms with Crippen molar-refractivity contribution in [1.29, 1.82) is 0 Å². The molecule has 3 rings (SSSR count). The lowest BCUT2D eigenvalue weighted by molar-refractivity contribution is 0.0679. The number of carbonyl (C=O) groups is 2. The summed E-state index contributed by atoms with van der Waals surface area (Å²) in [5, 5.41) is 11.5. The number of nitrogens with one attached hydrogen (secondary N) is 1. The van der Waals surface area contributed by atoms with E-state index in [1.165, 1.54) is 6.07 Å². The molecule has 7 heteroatoms. The highest BCUT2D eigenvalue weighted by molar-refractivity contribution is 6.03. The maximum atomic E-state index is 12.1. The fourth-order valence-electron chi connectivity index (χ4n) is 2.39. The van der Waals surface area contributed by atoms with Crippen LogP contribution in [0.1, 0.15) is 33.8 Å². The maximum absolute atomic E-state index is 12.1. The molecule has 2 aromatic rings. The summed E-state index contributed by atoms with van der Waals surface area (Å²) in [6, 6.07) is 8.12. The zero-order valence-corrected chi connectivity index (χ0v) is 12.9. The van der Waals surface area contributed by atoms with E-state index < -0.39 is 11.9 Å². The second-order valence-corrected chi connectivity index (χ2v) is 5.43. The molecule has 1 atom stereocenters. The summed E-state index contributed by atoms with van der Waals surface area (Å²) in [4.78, 5) is 22.9. The van der Waals surface area contributed by atoms with Crippen molar-refractivity contribution in [2.24, 2.45) is 0 Å². The third-order valence-corrected chi connectivity index (χ3v) is 3.62. The van der Waals surface area contributed by atoms with Gasteiger partial charge in [-0.1, -0.05) is 6.07 Å². The first-order valence-corrected chi connectivity index (χ1v) is 7.59. The molecule has 1 unspecified atom stereocenters. The summed E-state index contributed by atoms with van der Waals surface area (Å²) >= 11 is 0. The summed E-state index contributed by atoms with van der Waals surface area (Å²) in [6.07, 6.45) is 3.17. The highest BCUT2D eigenvalue weighted by atomic mass is 16.5. The highest BCUT2D eigenvalue weighted by Crippen LogP contribution is 2.20. The number of carbonyl (C=O) groups excluding carboxylic acids is 1. The second kappa shape index (κ2) is 7.18. The molecule has 1 aliphatic rings. The van der Waals surface area contributed by atoms with E-state index in [0.717, 1.165) is 25.7 Å². The van der Waals surface area contributed by atoms with Gasteiger partial charge in [0.05, 0.1) is 11.7 Å². The average Bonchev–Trinajstić information content (AvgIpc) is 3.25. The van der Waals surface area contributed by atoms with E-state index >= 15 is 0 Å². The average molecular weight is 331 g/mol. The highest BCUT2D eigenvalue weighted by Gasteiger charge is 2.17. The number of rotatable bonds is 6. The summed E-state index contributed by atoms with van der Waals surface area (Å²) in [7, 11) is 0. The minimum absolute atomic E-state index is 0.0712. The van der Waals surface area contributed by atoms with Crippen molar-refractivity contribution in [2.45, 2.75) is 18.9 Å². The molecule has 1 saturated heterocycles. The van der Waals surface area contributed by atoms with Crippen LogP contribution in [0.25, 0.3) is 0 Å². The smallest absolute Gasteiger partial charge is 0.338 e. The van der Waals surface area contributed by atoms with Gasteiger partial charge in [0.25, 0.3) is 5.91 Å². The lowest BCUT2D eigenvalue weighted by Crippen LogP contribution is -2.16. The normalized spacial score (nSPS) is 16.8. The molecule has 1 aliphatic heterocycles. The Kier molecular flexibility index (Phi) is 4.81. The van der Waals surface area contributed by atoms with Crippen molar-refractivity contribution in [2.75, 3.05) is 18.5 Å². The molecule has 0 saturated carbocycles.